The minimum atomic E-state index is -1.37. The van der Waals surface area contributed by atoms with Gasteiger partial charge in [-0.15, -0.1) is 0 Å². The summed E-state index contributed by atoms with van der Waals surface area (Å²) < 4.78 is 0. The van der Waals surface area contributed by atoms with Crippen LogP contribution in [-0.4, -0.2) is 82.3 Å². The molecule has 32 heavy (non-hydrogen) atoms. The molecule has 15 heteroatoms. The highest BCUT2D eigenvalue weighted by Crippen LogP contribution is 2.04. The van der Waals surface area contributed by atoms with E-state index >= 15 is 0 Å². The molecule has 0 saturated heterocycles. The highest BCUT2D eigenvalue weighted by atomic mass is 32.1. The molecular weight excluding hydrogens is 446 g/mol. The van der Waals surface area contributed by atoms with Gasteiger partial charge in [-0.2, -0.15) is 12.6 Å². The van der Waals surface area contributed by atoms with Crippen LogP contribution in [0.3, 0.4) is 0 Å². The molecule has 0 bridgehead atoms. The summed E-state index contributed by atoms with van der Waals surface area (Å²) in [5.41, 5.74) is 15.8. The maximum atomic E-state index is 12.6. The zero-order chi connectivity index (χ0) is 24.8. The summed E-state index contributed by atoms with van der Waals surface area (Å²) >= 11 is 3.98. The van der Waals surface area contributed by atoms with E-state index in [1.165, 1.54) is 6.92 Å². The first-order chi connectivity index (χ1) is 14.9. The minimum Gasteiger partial charge on any atom is -0.481 e. The van der Waals surface area contributed by atoms with Crippen molar-refractivity contribution in [2.24, 2.45) is 22.2 Å². The lowest BCUT2D eigenvalue weighted by Gasteiger charge is -2.24. The van der Waals surface area contributed by atoms with Crippen LogP contribution in [0.4, 0.5) is 0 Å². The molecular formula is C17H31N7O7S. The van der Waals surface area contributed by atoms with Crippen molar-refractivity contribution >= 4 is 48.2 Å². The number of hydrogen-bond acceptors (Lipinski definition) is 8. The van der Waals surface area contributed by atoms with Gasteiger partial charge in [0, 0.05) is 18.7 Å². The molecule has 0 heterocycles. The number of aliphatic imine (C=N–C) groups is 1. The van der Waals surface area contributed by atoms with E-state index in [0.29, 0.717) is 0 Å². The number of aliphatic carboxylic acids is 2. The Labute approximate surface area is 190 Å². The zero-order valence-electron chi connectivity index (χ0n) is 17.6. The minimum absolute atomic E-state index is 0.0127. The Kier molecular flexibility index (Phi) is 13.4. The van der Waals surface area contributed by atoms with E-state index in [2.05, 4.69) is 33.6 Å². The lowest BCUT2D eigenvalue weighted by atomic mass is 10.1. The topological polar surface area (TPSA) is 252 Å². The lowest BCUT2D eigenvalue weighted by Crippen LogP contribution is -2.57. The van der Waals surface area contributed by atoms with Crippen LogP contribution in [0.5, 0.6) is 0 Å². The first-order valence-corrected chi connectivity index (χ1v) is 10.3. The van der Waals surface area contributed by atoms with E-state index < -0.39 is 60.2 Å². The second-order valence-electron chi connectivity index (χ2n) is 6.87. The fourth-order valence-electron chi connectivity index (χ4n) is 2.34. The van der Waals surface area contributed by atoms with E-state index in [1.54, 1.807) is 0 Å². The molecule has 3 amide bonds. The van der Waals surface area contributed by atoms with Gasteiger partial charge in [-0.05, 0) is 26.2 Å². The van der Waals surface area contributed by atoms with Crippen molar-refractivity contribution in [2.75, 3.05) is 12.3 Å². The Balaban J connectivity index is 5.26. The monoisotopic (exact) mass is 477 g/mol. The van der Waals surface area contributed by atoms with Crippen LogP contribution < -0.4 is 33.2 Å². The summed E-state index contributed by atoms with van der Waals surface area (Å²) in [6.07, 6.45) is -0.556. The number of nitrogens with two attached hydrogens (primary N) is 3. The van der Waals surface area contributed by atoms with Gasteiger partial charge >= 0.3 is 11.9 Å². The molecule has 0 fully saturated rings. The number of nitrogens with zero attached hydrogens (tertiary/aromatic N) is 1. The zero-order valence-corrected chi connectivity index (χ0v) is 18.5. The summed E-state index contributed by atoms with van der Waals surface area (Å²) in [6.45, 7) is 1.55. The third kappa shape index (κ3) is 11.9. The van der Waals surface area contributed by atoms with Crippen molar-refractivity contribution in [2.45, 2.75) is 56.8 Å². The van der Waals surface area contributed by atoms with Gasteiger partial charge in [0.15, 0.2) is 5.96 Å². The van der Waals surface area contributed by atoms with Crippen LogP contribution in [0.15, 0.2) is 4.99 Å². The molecule has 0 aromatic heterocycles. The Morgan fingerprint density at radius 3 is 1.91 bits per heavy atom. The molecule has 0 aromatic carbocycles. The van der Waals surface area contributed by atoms with Gasteiger partial charge in [-0.25, -0.2) is 4.79 Å². The molecule has 0 radical (unpaired) electrons. The standard InChI is InChI=1S/C17H31N7O7S/c1-8(18)13(27)24-11(7-32)15(29)22-9(4-5-12(25)26)14(28)23-10(16(30)31)3-2-6-21-17(19)20/h8-11,32H,2-7,18H2,1H3,(H,22,29)(H,23,28)(H,24,27)(H,25,26)(H,30,31)(H4,19,20,21). The number of thiol groups is 1. The average Bonchev–Trinajstić information content (AvgIpc) is 2.70. The first kappa shape index (κ1) is 28.9. The highest BCUT2D eigenvalue weighted by Gasteiger charge is 2.29. The summed E-state index contributed by atoms with van der Waals surface area (Å²) in [7, 11) is 0. The van der Waals surface area contributed by atoms with Crippen LogP contribution in [0.1, 0.15) is 32.6 Å². The first-order valence-electron chi connectivity index (χ1n) is 9.66. The van der Waals surface area contributed by atoms with Crippen LogP contribution in [0.25, 0.3) is 0 Å². The van der Waals surface area contributed by atoms with Gasteiger partial charge < -0.3 is 43.4 Å². The molecule has 4 unspecified atom stereocenters. The van der Waals surface area contributed by atoms with Crippen molar-refractivity contribution < 1.29 is 34.2 Å². The predicted molar refractivity (Wildman–Crippen MR) is 118 cm³/mol. The molecule has 182 valence electrons. The molecule has 0 saturated carbocycles. The normalized spacial score (nSPS) is 14.2. The number of guanidine groups is 1. The number of carboxylic acids is 2. The quantitative estimate of drug-likeness (QED) is 0.0492. The molecule has 0 rings (SSSR count). The number of hydrogen-bond donors (Lipinski definition) is 9. The van der Waals surface area contributed by atoms with Gasteiger partial charge in [0.1, 0.15) is 18.1 Å². The summed E-state index contributed by atoms with van der Waals surface area (Å²) in [6, 6.07) is -4.73. The SMILES string of the molecule is CC(N)C(=O)NC(CS)C(=O)NC(CCC(=O)O)C(=O)NC(CCCN=C(N)N)C(=O)O. The van der Waals surface area contributed by atoms with E-state index in [0.717, 1.165) is 0 Å². The number of amides is 3. The second kappa shape index (κ2) is 14.9. The highest BCUT2D eigenvalue weighted by molar-refractivity contribution is 7.80. The van der Waals surface area contributed by atoms with E-state index in [1.807, 2.05) is 0 Å². The van der Waals surface area contributed by atoms with Gasteiger partial charge in [0.05, 0.1) is 6.04 Å². The molecule has 11 N–H and O–H groups in total. The van der Waals surface area contributed by atoms with Gasteiger partial charge in [0.2, 0.25) is 17.7 Å². The van der Waals surface area contributed by atoms with Crippen LogP contribution in [0, 0.1) is 0 Å². The molecule has 0 aliphatic rings. The summed E-state index contributed by atoms with van der Waals surface area (Å²) in [5.74, 6) is -5.17. The predicted octanol–water partition coefficient (Wildman–Crippen LogP) is -3.28. The van der Waals surface area contributed by atoms with Crippen LogP contribution in [-0.2, 0) is 24.0 Å². The Bertz CT molecular complexity index is 713. The molecule has 14 nitrogen and oxygen atoms in total. The number of carbonyl (C=O) groups excluding carboxylic acids is 3. The number of rotatable bonds is 15. The average molecular weight is 478 g/mol. The Hall–Kier alpha value is -3.07. The van der Waals surface area contributed by atoms with Crippen LogP contribution >= 0.6 is 12.6 Å². The van der Waals surface area contributed by atoms with Gasteiger partial charge in [-0.1, -0.05) is 0 Å². The van der Waals surface area contributed by atoms with Crippen molar-refractivity contribution in [3.05, 3.63) is 0 Å². The largest absolute Gasteiger partial charge is 0.481 e. The van der Waals surface area contributed by atoms with Crippen molar-refractivity contribution in [1.29, 1.82) is 0 Å². The third-order valence-corrected chi connectivity index (χ3v) is 4.43. The van der Waals surface area contributed by atoms with Crippen LogP contribution in [0.2, 0.25) is 0 Å². The van der Waals surface area contributed by atoms with E-state index in [-0.39, 0.29) is 37.5 Å². The second-order valence-corrected chi connectivity index (χ2v) is 7.24. The third-order valence-electron chi connectivity index (χ3n) is 4.07. The molecule has 0 spiro atoms. The Morgan fingerprint density at radius 1 is 0.906 bits per heavy atom. The smallest absolute Gasteiger partial charge is 0.326 e. The molecule has 0 aliphatic heterocycles. The molecule has 4 atom stereocenters. The van der Waals surface area contributed by atoms with E-state index in [9.17, 15) is 29.1 Å². The summed E-state index contributed by atoms with van der Waals surface area (Å²) in [4.78, 5) is 63.0. The van der Waals surface area contributed by atoms with Crippen molar-refractivity contribution in [3.63, 3.8) is 0 Å². The number of carbonyl (C=O) groups is 5. The molecule has 0 aromatic rings. The maximum Gasteiger partial charge on any atom is 0.326 e. The fraction of sp³-hybridized carbons (Fsp3) is 0.647. The Morgan fingerprint density at radius 2 is 1.44 bits per heavy atom. The van der Waals surface area contributed by atoms with Gasteiger partial charge in [0.25, 0.3) is 0 Å². The molecule has 0 aliphatic carbocycles. The fourth-order valence-corrected chi connectivity index (χ4v) is 2.60. The lowest BCUT2D eigenvalue weighted by molar-refractivity contribution is -0.143. The maximum absolute atomic E-state index is 12.6. The van der Waals surface area contributed by atoms with E-state index in [4.69, 9.17) is 22.3 Å². The van der Waals surface area contributed by atoms with Crippen molar-refractivity contribution in [1.82, 2.24) is 16.0 Å². The number of nitrogens with one attached hydrogen (secondary N) is 3. The summed E-state index contributed by atoms with van der Waals surface area (Å²) in [5, 5.41) is 25.2. The van der Waals surface area contributed by atoms with Gasteiger partial charge in [-0.3, -0.25) is 24.2 Å². The van der Waals surface area contributed by atoms with Crippen molar-refractivity contribution in [3.8, 4) is 0 Å². The number of carboxylic acid groups (broad SMARTS) is 2.